The topological polar surface area (TPSA) is 94.2 Å². The summed E-state index contributed by atoms with van der Waals surface area (Å²) in [7, 11) is 2.96. The van der Waals surface area contributed by atoms with Crippen LogP contribution >= 0.6 is 0 Å². The van der Waals surface area contributed by atoms with E-state index in [1.54, 1.807) is 11.0 Å². The van der Waals surface area contributed by atoms with Crippen LogP contribution in [0.2, 0.25) is 0 Å². The predicted octanol–water partition coefficient (Wildman–Crippen LogP) is 2.34. The molecule has 0 bridgehead atoms. The average Bonchev–Trinajstić information content (AvgIpc) is 2.81. The Kier molecular flexibility index (Phi) is 7.12. The zero-order valence-corrected chi connectivity index (χ0v) is 17.8. The number of anilines is 1. The van der Waals surface area contributed by atoms with Gasteiger partial charge in [-0.05, 0) is 43.5 Å². The van der Waals surface area contributed by atoms with Crippen LogP contribution in [-0.2, 0) is 20.7 Å². The molecule has 3 rings (SSSR count). The van der Waals surface area contributed by atoms with E-state index in [4.69, 9.17) is 14.2 Å². The molecule has 0 fully saturated rings. The molecular formula is C23H26N2O6. The number of nitrogens with one attached hydrogen (secondary N) is 1. The summed E-state index contributed by atoms with van der Waals surface area (Å²) in [4.78, 5) is 39.1. The first-order valence-electron chi connectivity index (χ1n) is 10.0. The highest BCUT2D eigenvalue weighted by atomic mass is 16.5. The average molecular weight is 426 g/mol. The predicted molar refractivity (Wildman–Crippen MR) is 115 cm³/mol. The highest BCUT2D eigenvalue weighted by Crippen LogP contribution is 2.27. The Hall–Kier alpha value is -3.55. The van der Waals surface area contributed by atoms with Crippen molar-refractivity contribution in [2.75, 3.05) is 32.2 Å². The minimum absolute atomic E-state index is 0.276. The van der Waals surface area contributed by atoms with Crippen molar-refractivity contribution in [2.45, 2.75) is 25.9 Å². The van der Waals surface area contributed by atoms with Crippen molar-refractivity contribution in [1.29, 1.82) is 0 Å². The van der Waals surface area contributed by atoms with Crippen LogP contribution < -0.4 is 19.7 Å². The van der Waals surface area contributed by atoms with Crippen LogP contribution in [0.4, 0.5) is 5.69 Å². The molecule has 1 aliphatic heterocycles. The fourth-order valence-corrected chi connectivity index (χ4v) is 3.46. The highest BCUT2D eigenvalue weighted by molar-refractivity contribution is 5.99. The molecule has 164 valence electrons. The second-order valence-corrected chi connectivity index (χ2v) is 7.14. The Labute approximate surface area is 181 Å². The van der Waals surface area contributed by atoms with E-state index in [2.05, 4.69) is 5.32 Å². The third kappa shape index (κ3) is 5.33. The summed E-state index contributed by atoms with van der Waals surface area (Å²) in [5.41, 5.74) is 2.22. The number of rotatable bonds is 7. The number of esters is 1. The van der Waals surface area contributed by atoms with Crippen molar-refractivity contribution in [1.82, 2.24) is 5.32 Å². The van der Waals surface area contributed by atoms with Gasteiger partial charge >= 0.3 is 5.97 Å². The lowest BCUT2D eigenvalue weighted by Crippen LogP contribution is -2.43. The lowest BCUT2D eigenvalue weighted by Gasteiger charge is -2.31. The first-order valence-corrected chi connectivity index (χ1v) is 10.0. The van der Waals surface area contributed by atoms with E-state index in [0.717, 1.165) is 24.1 Å². The van der Waals surface area contributed by atoms with E-state index in [-0.39, 0.29) is 18.0 Å². The van der Waals surface area contributed by atoms with Gasteiger partial charge in [0, 0.05) is 23.9 Å². The number of para-hydroxylation sites is 1. The van der Waals surface area contributed by atoms with E-state index in [1.165, 1.54) is 33.3 Å². The summed E-state index contributed by atoms with van der Waals surface area (Å²) < 4.78 is 15.5. The van der Waals surface area contributed by atoms with Crippen molar-refractivity contribution < 1.29 is 28.6 Å². The quantitative estimate of drug-likeness (QED) is 0.683. The van der Waals surface area contributed by atoms with Crippen LogP contribution in [-0.4, -0.2) is 51.2 Å². The summed E-state index contributed by atoms with van der Waals surface area (Å²) >= 11 is 0. The van der Waals surface area contributed by atoms with E-state index in [9.17, 15) is 14.4 Å². The summed E-state index contributed by atoms with van der Waals surface area (Å²) in [5, 5.41) is 2.49. The first-order chi connectivity index (χ1) is 14.9. The summed E-state index contributed by atoms with van der Waals surface area (Å²) in [6.07, 6.45) is 0.797. The maximum absolute atomic E-state index is 12.8. The number of nitrogens with zero attached hydrogens (tertiary/aromatic N) is 1. The number of ether oxygens (including phenoxy) is 3. The summed E-state index contributed by atoms with van der Waals surface area (Å²) in [5.74, 6) is -0.571. The van der Waals surface area contributed by atoms with Gasteiger partial charge in [0.05, 0.1) is 14.2 Å². The van der Waals surface area contributed by atoms with E-state index in [0.29, 0.717) is 18.0 Å². The molecule has 31 heavy (non-hydrogen) atoms. The van der Waals surface area contributed by atoms with Crippen LogP contribution in [0.15, 0.2) is 42.5 Å². The van der Waals surface area contributed by atoms with Gasteiger partial charge in [-0.1, -0.05) is 18.2 Å². The number of carbonyl (C=O) groups is 3. The lowest BCUT2D eigenvalue weighted by molar-refractivity contribution is -0.152. The molecule has 0 aromatic heterocycles. The SMILES string of the molecule is COc1cc(OC)cc(C(=O)NCC(=O)OC(C)C(=O)N2CCCc3ccccc32)c1. The van der Waals surface area contributed by atoms with E-state index >= 15 is 0 Å². The molecule has 0 aliphatic carbocycles. The summed E-state index contributed by atoms with van der Waals surface area (Å²) in [6, 6.07) is 12.4. The normalized spacial score (nSPS) is 13.6. The molecule has 0 saturated heterocycles. The number of fused-ring (bicyclic) bond motifs is 1. The second-order valence-electron chi connectivity index (χ2n) is 7.14. The minimum Gasteiger partial charge on any atom is -0.497 e. The van der Waals surface area contributed by atoms with Crippen molar-refractivity contribution in [3.63, 3.8) is 0 Å². The van der Waals surface area contributed by atoms with Gasteiger partial charge in [-0.3, -0.25) is 14.4 Å². The molecule has 0 spiro atoms. The van der Waals surface area contributed by atoms with Gasteiger partial charge < -0.3 is 24.4 Å². The Morgan fingerprint density at radius 1 is 1.06 bits per heavy atom. The highest BCUT2D eigenvalue weighted by Gasteiger charge is 2.28. The molecule has 8 heteroatoms. The Balaban J connectivity index is 1.56. The van der Waals surface area contributed by atoms with Gasteiger partial charge in [0.2, 0.25) is 0 Å². The standard InChI is InChI=1S/C23H26N2O6/c1-15(23(28)25-10-6-8-16-7-4-5-9-20(16)25)31-21(26)14-24-22(27)17-11-18(29-2)13-19(12-17)30-3/h4-5,7,9,11-13,15H,6,8,10,14H2,1-3H3,(H,24,27). The van der Waals surface area contributed by atoms with Crippen LogP contribution in [0.5, 0.6) is 11.5 Å². The van der Waals surface area contributed by atoms with Crippen LogP contribution in [0.25, 0.3) is 0 Å². The van der Waals surface area contributed by atoms with Crippen molar-refractivity contribution >= 4 is 23.5 Å². The Bertz CT molecular complexity index is 952. The molecule has 1 aliphatic rings. The molecule has 1 heterocycles. The number of aryl methyl sites for hydroxylation is 1. The monoisotopic (exact) mass is 426 g/mol. The van der Waals surface area contributed by atoms with Crippen LogP contribution in [0.3, 0.4) is 0 Å². The molecule has 1 atom stereocenters. The van der Waals surface area contributed by atoms with Gasteiger partial charge in [-0.25, -0.2) is 0 Å². The maximum Gasteiger partial charge on any atom is 0.326 e. The van der Waals surface area contributed by atoms with E-state index < -0.39 is 18.0 Å². The molecule has 1 N–H and O–H groups in total. The van der Waals surface area contributed by atoms with Gasteiger partial charge in [-0.2, -0.15) is 0 Å². The maximum atomic E-state index is 12.8. The van der Waals surface area contributed by atoms with Crippen LogP contribution in [0.1, 0.15) is 29.3 Å². The molecule has 2 aromatic carbocycles. The van der Waals surface area contributed by atoms with E-state index in [1.807, 2.05) is 24.3 Å². The van der Waals surface area contributed by atoms with Crippen molar-refractivity contribution in [3.8, 4) is 11.5 Å². The third-order valence-electron chi connectivity index (χ3n) is 5.04. The molecular weight excluding hydrogens is 400 g/mol. The van der Waals surface area contributed by atoms with Gasteiger partial charge in [0.1, 0.15) is 18.0 Å². The van der Waals surface area contributed by atoms with Crippen LogP contribution in [0, 0.1) is 0 Å². The fourth-order valence-electron chi connectivity index (χ4n) is 3.46. The van der Waals surface area contributed by atoms with Crippen molar-refractivity contribution in [2.24, 2.45) is 0 Å². The number of hydrogen-bond donors (Lipinski definition) is 1. The number of carbonyl (C=O) groups excluding carboxylic acids is 3. The number of benzene rings is 2. The van der Waals surface area contributed by atoms with Gasteiger partial charge in [0.25, 0.3) is 11.8 Å². The molecule has 0 saturated carbocycles. The second kappa shape index (κ2) is 9.97. The van der Waals surface area contributed by atoms with Gasteiger partial charge in [-0.15, -0.1) is 0 Å². The number of amides is 2. The van der Waals surface area contributed by atoms with Crippen molar-refractivity contribution in [3.05, 3.63) is 53.6 Å². The van der Waals surface area contributed by atoms with Gasteiger partial charge in [0.15, 0.2) is 6.10 Å². The fraction of sp³-hybridized carbons (Fsp3) is 0.348. The molecule has 2 amide bonds. The molecule has 8 nitrogen and oxygen atoms in total. The molecule has 0 radical (unpaired) electrons. The third-order valence-corrected chi connectivity index (χ3v) is 5.04. The molecule has 1 unspecified atom stereocenters. The lowest BCUT2D eigenvalue weighted by atomic mass is 10.0. The number of hydrogen-bond acceptors (Lipinski definition) is 6. The number of methoxy groups -OCH3 is 2. The molecule has 2 aromatic rings. The zero-order chi connectivity index (χ0) is 22.4. The Morgan fingerprint density at radius 3 is 2.42 bits per heavy atom. The minimum atomic E-state index is -0.965. The smallest absolute Gasteiger partial charge is 0.326 e. The largest absolute Gasteiger partial charge is 0.497 e. The Morgan fingerprint density at radius 2 is 1.74 bits per heavy atom. The zero-order valence-electron chi connectivity index (χ0n) is 17.8. The summed E-state index contributed by atoms with van der Waals surface area (Å²) in [6.45, 7) is 1.74. The first kappa shape index (κ1) is 22.1.